The van der Waals surface area contributed by atoms with Crippen LogP contribution in [0.3, 0.4) is 0 Å². The number of phenolic OH excluding ortho intramolecular Hbond substituents is 1. The number of morpholine rings is 1. The lowest BCUT2D eigenvalue weighted by Gasteiger charge is -2.31. The van der Waals surface area contributed by atoms with Crippen molar-refractivity contribution >= 4 is 17.4 Å². The number of aliphatic hydroxyl groups excluding tert-OH is 1. The molecule has 0 bridgehead atoms. The Bertz CT molecular complexity index is 1040. The summed E-state index contributed by atoms with van der Waals surface area (Å²) in [6, 6.07) is 12.3. The second-order valence-corrected chi connectivity index (χ2v) is 7.77. The average molecular weight is 438 g/mol. The fourth-order valence-corrected chi connectivity index (χ4v) is 4.15. The van der Waals surface area contributed by atoms with Crippen LogP contribution in [0, 0.1) is 0 Å². The van der Waals surface area contributed by atoms with Gasteiger partial charge in [0, 0.05) is 31.7 Å². The van der Waals surface area contributed by atoms with Gasteiger partial charge in [0.05, 0.1) is 31.9 Å². The van der Waals surface area contributed by atoms with E-state index in [0.29, 0.717) is 43.2 Å². The van der Waals surface area contributed by atoms with Gasteiger partial charge in [-0.3, -0.25) is 14.5 Å². The minimum absolute atomic E-state index is 0.00386. The van der Waals surface area contributed by atoms with Crippen molar-refractivity contribution < 1.29 is 29.3 Å². The summed E-state index contributed by atoms with van der Waals surface area (Å²) in [7, 11) is 1.51. The number of carbonyl (C=O) groups is 2. The van der Waals surface area contributed by atoms with Crippen molar-refractivity contribution in [2.24, 2.45) is 0 Å². The Hall–Kier alpha value is -3.36. The van der Waals surface area contributed by atoms with Gasteiger partial charge >= 0.3 is 0 Å². The van der Waals surface area contributed by atoms with Crippen molar-refractivity contribution in [3.63, 3.8) is 0 Å². The Morgan fingerprint density at radius 2 is 1.84 bits per heavy atom. The van der Waals surface area contributed by atoms with Crippen LogP contribution in [0.5, 0.6) is 11.5 Å². The molecular formula is C24H26N2O6. The monoisotopic (exact) mass is 438 g/mol. The molecule has 1 unspecified atom stereocenters. The molecule has 168 valence electrons. The summed E-state index contributed by atoms with van der Waals surface area (Å²) in [5.74, 6) is -1.16. The van der Waals surface area contributed by atoms with E-state index in [4.69, 9.17) is 9.47 Å². The van der Waals surface area contributed by atoms with Crippen LogP contribution in [0.1, 0.15) is 17.2 Å². The van der Waals surface area contributed by atoms with Crippen molar-refractivity contribution in [2.45, 2.75) is 6.04 Å². The molecule has 2 aromatic rings. The summed E-state index contributed by atoms with van der Waals surface area (Å²) >= 11 is 0. The van der Waals surface area contributed by atoms with E-state index < -0.39 is 17.7 Å². The molecule has 0 radical (unpaired) electrons. The fourth-order valence-electron chi connectivity index (χ4n) is 4.15. The highest BCUT2D eigenvalue weighted by Gasteiger charge is 2.46. The molecule has 32 heavy (non-hydrogen) atoms. The Balaban J connectivity index is 1.75. The highest BCUT2D eigenvalue weighted by Crippen LogP contribution is 2.40. The van der Waals surface area contributed by atoms with Gasteiger partial charge in [0.1, 0.15) is 17.3 Å². The van der Waals surface area contributed by atoms with Crippen molar-refractivity contribution in [3.8, 4) is 11.5 Å². The minimum atomic E-state index is -0.811. The lowest BCUT2D eigenvalue weighted by molar-refractivity contribution is -0.140. The quantitative estimate of drug-likeness (QED) is 0.405. The lowest BCUT2D eigenvalue weighted by atomic mass is 9.95. The predicted molar refractivity (Wildman–Crippen MR) is 117 cm³/mol. The standard InChI is InChI=1S/C24H26N2O6/c1-31-19-7-3-5-17(15-19)22(28)20-21(16-4-2-6-18(27)14-16)26(24(30)23(20)29)9-8-25-10-12-32-13-11-25/h2-7,14-15,21,27-28H,8-13H2,1H3/b22-20+. The third kappa shape index (κ3) is 4.32. The summed E-state index contributed by atoms with van der Waals surface area (Å²) in [5.41, 5.74) is 0.923. The first kappa shape index (κ1) is 21.9. The molecule has 0 aromatic heterocycles. The fraction of sp³-hybridized carbons (Fsp3) is 0.333. The number of methoxy groups -OCH3 is 1. The molecule has 8 heteroatoms. The Morgan fingerprint density at radius 3 is 2.56 bits per heavy atom. The topological polar surface area (TPSA) is 99.5 Å². The number of aliphatic hydroxyl groups is 1. The molecule has 2 fully saturated rings. The number of Topliss-reactive ketones (excluding diaryl/α,β-unsaturated/α-hetero) is 1. The number of ether oxygens (including phenoxy) is 2. The second kappa shape index (κ2) is 9.42. The van der Waals surface area contributed by atoms with Crippen LogP contribution in [0.2, 0.25) is 0 Å². The molecule has 0 spiro atoms. The van der Waals surface area contributed by atoms with Crippen molar-refractivity contribution in [1.82, 2.24) is 9.80 Å². The number of likely N-dealkylation sites (tertiary alicyclic amines) is 1. The maximum absolute atomic E-state index is 13.1. The molecule has 2 aliphatic heterocycles. The lowest BCUT2D eigenvalue weighted by Crippen LogP contribution is -2.42. The van der Waals surface area contributed by atoms with Crippen LogP contribution in [-0.4, -0.2) is 78.2 Å². The molecule has 0 saturated carbocycles. The van der Waals surface area contributed by atoms with Crippen molar-refractivity contribution in [2.75, 3.05) is 46.5 Å². The molecule has 2 aliphatic rings. The van der Waals surface area contributed by atoms with Gasteiger partial charge in [0.15, 0.2) is 0 Å². The van der Waals surface area contributed by atoms with Gasteiger partial charge in [-0.2, -0.15) is 0 Å². The summed E-state index contributed by atoms with van der Waals surface area (Å²) in [5, 5.41) is 21.1. The van der Waals surface area contributed by atoms with E-state index in [1.54, 1.807) is 36.4 Å². The summed E-state index contributed by atoms with van der Waals surface area (Å²) in [6.45, 7) is 3.65. The normalized spacial score (nSPS) is 21.2. The third-order valence-electron chi connectivity index (χ3n) is 5.83. The van der Waals surface area contributed by atoms with Gasteiger partial charge in [-0.15, -0.1) is 0 Å². The Kier molecular flexibility index (Phi) is 6.43. The summed E-state index contributed by atoms with van der Waals surface area (Å²) in [6.07, 6.45) is 0. The van der Waals surface area contributed by atoms with Gasteiger partial charge in [-0.05, 0) is 29.8 Å². The van der Waals surface area contributed by atoms with Crippen LogP contribution >= 0.6 is 0 Å². The number of amides is 1. The first-order valence-corrected chi connectivity index (χ1v) is 10.5. The predicted octanol–water partition coefficient (Wildman–Crippen LogP) is 2.15. The number of aromatic hydroxyl groups is 1. The third-order valence-corrected chi connectivity index (χ3v) is 5.83. The summed E-state index contributed by atoms with van der Waals surface area (Å²) in [4.78, 5) is 29.7. The zero-order valence-corrected chi connectivity index (χ0v) is 17.9. The first-order valence-electron chi connectivity index (χ1n) is 10.5. The number of hydrogen-bond donors (Lipinski definition) is 2. The van der Waals surface area contributed by atoms with Crippen LogP contribution < -0.4 is 4.74 Å². The molecule has 0 aliphatic carbocycles. The van der Waals surface area contributed by atoms with E-state index in [-0.39, 0.29) is 17.1 Å². The molecule has 8 nitrogen and oxygen atoms in total. The number of carbonyl (C=O) groups excluding carboxylic acids is 2. The first-order chi connectivity index (χ1) is 15.5. The van der Waals surface area contributed by atoms with E-state index in [0.717, 1.165) is 13.1 Å². The maximum atomic E-state index is 13.1. The molecule has 2 heterocycles. The van der Waals surface area contributed by atoms with Gasteiger partial charge < -0.3 is 24.6 Å². The molecular weight excluding hydrogens is 412 g/mol. The molecule has 2 aromatic carbocycles. The number of hydrogen-bond acceptors (Lipinski definition) is 7. The highest BCUT2D eigenvalue weighted by atomic mass is 16.5. The van der Waals surface area contributed by atoms with Crippen molar-refractivity contribution in [3.05, 3.63) is 65.2 Å². The number of nitrogens with zero attached hydrogens (tertiary/aromatic N) is 2. The Labute approximate surface area is 186 Å². The van der Waals surface area contributed by atoms with Gasteiger partial charge in [-0.25, -0.2) is 0 Å². The zero-order valence-electron chi connectivity index (χ0n) is 17.9. The summed E-state index contributed by atoms with van der Waals surface area (Å²) < 4.78 is 10.6. The highest BCUT2D eigenvalue weighted by molar-refractivity contribution is 6.46. The van der Waals surface area contributed by atoms with E-state index in [1.807, 2.05) is 0 Å². The number of phenols is 1. The second-order valence-electron chi connectivity index (χ2n) is 7.77. The van der Waals surface area contributed by atoms with Crippen LogP contribution in [-0.2, 0) is 14.3 Å². The maximum Gasteiger partial charge on any atom is 0.295 e. The van der Waals surface area contributed by atoms with E-state index in [2.05, 4.69) is 4.90 Å². The van der Waals surface area contributed by atoms with E-state index in [1.165, 1.54) is 24.1 Å². The van der Waals surface area contributed by atoms with Gasteiger partial charge in [0.2, 0.25) is 0 Å². The minimum Gasteiger partial charge on any atom is -0.508 e. The number of benzene rings is 2. The molecule has 1 amide bonds. The largest absolute Gasteiger partial charge is 0.508 e. The molecule has 4 rings (SSSR count). The number of ketones is 1. The molecule has 2 saturated heterocycles. The van der Waals surface area contributed by atoms with Crippen LogP contribution in [0.15, 0.2) is 54.1 Å². The molecule has 2 N–H and O–H groups in total. The van der Waals surface area contributed by atoms with Crippen molar-refractivity contribution in [1.29, 1.82) is 0 Å². The molecule has 1 atom stereocenters. The number of rotatable bonds is 6. The average Bonchev–Trinajstić information content (AvgIpc) is 3.08. The van der Waals surface area contributed by atoms with Gasteiger partial charge in [0.25, 0.3) is 11.7 Å². The van der Waals surface area contributed by atoms with Gasteiger partial charge in [-0.1, -0.05) is 24.3 Å². The van der Waals surface area contributed by atoms with E-state index in [9.17, 15) is 19.8 Å². The smallest absolute Gasteiger partial charge is 0.295 e. The Morgan fingerprint density at radius 1 is 1.09 bits per heavy atom. The SMILES string of the molecule is COc1cccc(/C(O)=C2\C(=O)C(=O)N(CCN3CCOCC3)C2c2cccc(O)c2)c1. The van der Waals surface area contributed by atoms with Crippen LogP contribution in [0.25, 0.3) is 5.76 Å². The van der Waals surface area contributed by atoms with Crippen LogP contribution in [0.4, 0.5) is 0 Å². The van der Waals surface area contributed by atoms with E-state index >= 15 is 0 Å². The zero-order chi connectivity index (χ0) is 22.7.